The van der Waals surface area contributed by atoms with Crippen LogP contribution in [0.2, 0.25) is 0 Å². The Hall–Kier alpha value is -2.94. The molecule has 2 atom stereocenters. The van der Waals surface area contributed by atoms with Gasteiger partial charge in [0.1, 0.15) is 18.8 Å². The second-order valence-corrected chi connectivity index (χ2v) is 10.2. The van der Waals surface area contributed by atoms with Crippen molar-refractivity contribution in [3.05, 3.63) is 23.8 Å². The maximum Gasteiger partial charge on any atom is 0.323 e. The summed E-state index contributed by atoms with van der Waals surface area (Å²) in [5.74, 6) is -1.93. The van der Waals surface area contributed by atoms with Gasteiger partial charge in [0.25, 0.3) is 0 Å². The molecule has 0 heterocycles. The first kappa shape index (κ1) is 29.1. The summed E-state index contributed by atoms with van der Waals surface area (Å²) >= 11 is 0. The number of carbonyl (C=O) groups is 4. The molecule has 9 heteroatoms. The molecule has 0 amide bonds. The van der Waals surface area contributed by atoms with Gasteiger partial charge < -0.3 is 24.7 Å². The number of carbonyl (C=O) groups excluding carboxylic acids is 4. The van der Waals surface area contributed by atoms with Crippen molar-refractivity contribution in [2.24, 2.45) is 16.6 Å². The molecule has 0 bridgehead atoms. The molecule has 0 aliphatic rings. The van der Waals surface area contributed by atoms with Crippen LogP contribution in [-0.4, -0.2) is 42.6 Å². The van der Waals surface area contributed by atoms with Gasteiger partial charge in [-0.15, -0.1) is 0 Å². The topological polar surface area (TPSA) is 131 Å². The minimum absolute atomic E-state index is 0.0516. The highest BCUT2D eigenvalue weighted by Crippen LogP contribution is 2.33. The third-order valence-electron chi connectivity index (χ3n) is 4.48. The van der Waals surface area contributed by atoms with Crippen LogP contribution in [0.5, 0.6) is 11.5 Å². The van der Waals surface area contributed by atoms with Crippen LogP contribution in [0.1, 0.15) is 67.4 Å². The second kappa shape index (κ2) is 12.0. The zero-order valence-corrected chi connectivity index (χ0v) is 21.4. The van der Waals surface area contributed by atoms with Crippen LogP contribution in [0.3, 0.4) is 0 Å². The van der Waals surface area contributed by atoms with Gasteiger partial charge in [0, 0.05) is 6.42 Å². The lowest BCUT2D eigenvalue weighted by Crippen LogP contribution is -2.36. The summed E-state index contributed by atoms with van der Waals surface area (Å²) in [7, 11) is 0. The molecule has 34 heavy (non-hydrogen) atoms. The minimum atomic E-state index is -1.01. The van der Waals surface area contributed by atoms with E-state index in [0.29, 0.717) is 5.56 Å². The molecule has 190 valence electrons. The number of rotatable bonds is 9. The first-order valence-corrected chi connectivity index (χ1v) is 11.2. The number of hydrogen-bond donors (Lipinski definition) is 1. The van der Waals surface area contributed by atoms with E-state index in [1.54, 1.807) is 61.5 Å². The van der Waals surface area contributed by atoms with Gasteiger partial charge in [0.2, 0.25) is 0 Å². The van der Waals surface area contributed by atoms with Gasteiger partial charge in [-0.05, 0) is 72.6 Å². The average Bonchev–Trinajstić information content (AvgIpc) is 2.72. The number of nitrogens with two attached hydrogens (primary N) is 1. The van der Waals surface area contributed by atoms with Gasteiger partial charge in [0.05, 0.1) is 10.8 Å². The molecule has 0 saturated heterocycles. The molecule has 0 unspecified atom stereocenters. The predicted octanol–water partition coefficient (Wildman–Crippen LogP) is 3.34. The molecular weight excluding hydrogens is 442 g/mol. The molecule has 0 aliphatic heterocycles. The van der Waals surface area contributed by atoms with Crippen LogP contribution >= 0.6 is 0 Å². The van der Waals surface area contributed by atoms with Crippen molar-refractivity contribution in [3.63, 3.8) is 0 Å². The fourth-order valence-electron chi connectivity index (χ4n) is 2.33. The monoisotopic (exact) mass is 479 g/mol. The van der Waals surface area contributed by atoms with Crippen LogP contribution in [0.4, 0.5) is 0 Å². The molecule has 0 radical (unpaired) electrons. The number of esters is 4. The van der Waals surface area contributed by atoms with E-state index >= 15 is 0 Å². The zero-order valence-electron chi connectivity index (χ0n) is 21.4. The summed E-state index contributed by atoms with van der Waals surface area (Å²) in [5, 5.41) is 0. The third kappa shape index (κ3) is 9.51. The highest BCUT2D eigenvalue weighted by Gasteiger charge is 2.28. The summed E-state index contributed by atoms with van der Waals surface area (Å²) in [6, 6.07) is 3.61. The van der Waals surface area contributed by atoms with Crippen molar-refractivity contribution in [2.75, 3.05) is 6.61 Å². The molecule has 0 saturated carbocycles. The predicted molar refractivity (Wildman–Crippen MR) is 125 cm³/mol. The van der Waals surface area contributed by atoms with Gasteiger partial charge >= 0.3 is 23.9 Å². The first-order valence-electron chi connectivity index (χ1n) is 11.2. The van der Waals surface area contributed by atoms with E-state index in [1.165, 1.54) is 12.1 Å². The van der Waals surface area contributed by atoms with E-state index in [2.05, 4.69) is 0 Å². The van der Waals surface area contributed by atoms with E-state index in [1.807, 2.05) is 0 Å². The summed E-state index contributed by atoms with van der Waals surface area (Å²) in [4.78, 5) is 48.4. The Kier molecular flexibility index (Phi) is 10.2. The quantitative estimate of drug-likeness (QED) is 0.418. The summed E-state index contributed by atoms with van der Waals surface area (Å²) < 4.78 is 21.2. The molecular formula is C25H37NO8. The molecule has 0 fully saturated rings. The Labute approximate surface area is 201 Å². The number of ether oxygens (including phenoxy) is 4. The van der Waals surface area contributed by atoms with Crippen molar-refractivity contribution in [1.82, 2.24) is 0 Å². The first-order chi connectivity index (χ1) is 15.5. The van der Waals surface area contributed by atoms with Crippen molar-refractivity contribution < 1.29 is 38.1 Å². The van der Waals surface area contributed by atoms with Crippen molar-refractivity contribution in [2.45, 2.75) is 80.4 Å². The summed E-state index contributed by atoms with van der Waals surface area (Å²) in [6.45, 7) is 13.4. The van der Waals surface area contributed by atoms with Gasteiger partial charge in [-0.1, -0.05) is 13.0 Å². The van der Waals surface area contributed by atoms with Gasteiger partial charge in [-0.2, -0.15) is 0 Å². The average molecular weight is 480 g/mol. The van der Waals surface area contributed by atoms with Gasteiger partial charge in [-0.25, -0.2) is 0 Å². The molecule has 0 aromatic heterocycles. The lowest BCUT2D eigenvalue weighted by molar-refractivity contribution is -0.158. The lowest BCUT2D eigenvalue weighted by atomic mass is 9.97. The molecule has 1 aromatic rings. The Balaban J connectivity index is 2.98. The highest BCUT2D eigenvalue weighted by molar-refractivity contribution is 5.81. The molecule has 2 N–H and O–H groups in total. The third-order valence-corrected chi connectivity index (χ3v) is 4.48. The van der Waals surface area contributed by atoms with Crippen molar-refractivity contribution in [1.29, 1.82) is 0 Å². The van der Waals surface area contributed by atoms with Gasteiger partial charge in [-0.3, -0.25) is 19.2 Å². The Bertz CT molecular complexity index is 895. The van der Waals surface area contributed by atoms with E-state index in [4.69, 9.17) is 24.7 Å². The normalized spacial score (nSPS) is 13.4. The fraction of sp³-hybridized carbons (Fsp3) is 0.600. The maximum absolute atomic E-state index is 12.5. The fourth-order valence-corrected chi connectivity index (χ4v) is 2.33. The van der Waals surface area contributed by atoms with Crippen molar-refractivity contribution >= 4 is 23.9 Å². The van der Waals surface area contributed by atoms with Crippen LogP contribution in [-0.2, 0) is 35.1 Å². The molecule has 1 aromatic carbocycles. The van der Waals surface area contributed by atoms with Crippen molar-refractivity contribution in [3.8, 4) is 11.5 Å². The minimum Gasteiger partial charge on any atom is -0.461 e. The highest BCUT2D eigenvalue weighted by atomic mass is 16.6. The standard InChI is InChI=1S/C25H37NO8/c1-9-20(27)32-15(2)14-31-21(28)17(26)12-16-10-11-18(33-22(29)24(3,4)5)19(13-16)34-23(30)25(6,7)8/h10-11,13,15,17H,9,12,14,26H2,1-8H3/t15-,17-/m0/s1. The molecule has 1 rings (SSSR count). The molecule has 0 spiro atoms. The van der Waals surface area contributed by atoms with Crippen LogP contribution in [0.15, 0.2) is 18.2 Å². The van der Waals surface area contributed by atoms with Crippen LogP contribution in [0.25, 0.3) is 0 Å². The SMILES string of the molecule is CCC(=O)O[C@@H](C)COC(=O)[C@@H](N)Cc1ccc(OC(=O)C(C)(C)C)c(OC(=O)C(C)(C)C)c1. The van der Waals surface area contributed by atoms with Gasteiger partial charge in [0.15, 0.2) is 11.5 Å². The lowest BCUT2D eigenvalue weighted by Gasteiger charge is -2.21. The molecule has 0 aliphatic carbocycles. The number of benzene rings is 1. The zero-order chi connectivity index (χ0) is 26.3. The second-order valence-electron chi connectivity index (χ2n) is 10.2. The largest absolute Gasteiger partial charge is 0.461 e. The van der Waals surface area contributed by atoms with E-state index in [0.717, 1.165) is 0 Å². The summed E-state index contributed by atoms with van der Waals surface area (Å²) in [6.07, 6.45) is -0.292. The molecule has 9 nitrogen and oxygen atoms in total. The maximum atomic E-state index is 12.5. The Morgan fingerprint density at radius 3 is 1.94 bits per heavy atom. The number of hydrogen-bond acceptors (Lipinski definition) is 9. The Morgan fingerprint density at radius 2 is 1.44 bits per heavy atom. The van der Waals surface area contributed by atoms with Crippen LogP contribution in [0, 0.1) is 10.8 Å². The van der Waals surface area contributed by atoms with E-state index < -0.39 is 46.9 Å². The summed E-state index contributed by atoms with van der Waals surface area (Å²) in [5.41, 5.74) is 5.00. The van der Waals surface area contributed by atoms with E-state index in [-0.39, 0.29) is 30.9 Å². The van der Waals surface area contributed by atoms with Crippen LogP contribution < -0.4 is 15.2 Å². The van der Waals surface area contributed by atoms with E-state index in [9.17, 15) is 19.2 Å². The smallest absolute Gasteiger partial charge is 0.323 e. The Morgan fingerprint density at radius 1 is 0.912 bits per heavy atom.